The van der Waals surface area contributed by atoms with Gasteiger partial charge in [0.25, 0.3) is 0 Å². The zero-order valence-corrected chi connectivity index (χ0v) is 22.8. The van der Waals surface area contributed by atoms with Gasteiger partial charge in [-0.25, -0.2) is 9.18 Å². The second kappa shape index (κ2) is 9.45. The summed E-state index contributed by atoms with van der Waals surface area (Å²) in [5.74, 6) is -0.361. The van der Waals surface area contributed by atoms with Gasteiger partial charge in [0.15, 0.2) is 0 Å². The van der Waals surface area contributed by atoms with Crippen molar-refractivity contribution in [3.8, 4) is 6.07 Å². The standard InChI is InChI=1S/C29H36BFN2O4/c1-20(21-8-12-23(13-9-21)30-36-27(4,5)28(6,7)37-30)33-17-16-29(35-25(33)34,18-26(2,3)19-32)22-10-14-24(31)15-11-22/h8-15,20H,16-18H2,1-7H3. The summed E-state index contributed by atoms with van der Waals surface area (Å²) in [5.41, 5.74) is 0.0156. The Hall–Kier alpha value is -2.89. The smallest absolute Gasteiger partial charge is 0.438 e. The fourth-order valence-corrected chi connectivity index (χ4v) is 5.05. The number of carbonyl (C=O) groups excluding carboxylic acids is 1. The highest BCUT2D eigenvalue weighted by molar-refractivity contribution is 6.62. The number of rotatable bonds is 6. The third-order valence-corrected chi connectivity index (χ3v) is 8.09. The molecule has 8 heteroatoms. The van der Waals surface area contributed by atoms with E-state index in [0.29, 0.717) is 24.9 Å². The summed E-state index contributed by atoms with van der Waals surface area (Å²) in [6, 6.07) is 16.0. The molecule has 1 amide bonds. The van der Waals surface area contributed by atoms with Crippen molar-refractivity contribution in [1.82, 2.24) is 4.90 Å². The maximum absolute atomic E-state index is 13.6. The predicted octanol–water partition coefficient (Wildman–Crippen LogP) is 5.86. The molecule has 2 unspecified atom stereocenters. The fraction of sp³-hybridized carbons (Fsp3) is 0.517. The number of carbonyl (C=O) groups is 1. The van der Waals surface area contributed by atoms with Crippen LogP contribution in [0.2, 0.25) is 0 Å². The average molecular weight is 506 g/mol. The number of halogens is 1. The molecule has 2 heterocycles. The first-order valence-corrected chi connectivity index (χ1v) is 12.8. The highest BCUT2D eigenvalue weighted by Crippen LogP contribution is 2.44. The molecule has 0 radical (unpaired) electrons. The van der Waals surface area contributed by atoms with E-state index in [1.807, 2.05) is 72.7 Å². The minimum atomic E-state index is -0.999. The number of hydrogen-bond acceptors (Lipinski definition) is 5. The fourth-order valence-electron chi connectivity index (χ4n) is 5.05. The second-order valence-corrected chi connectivity index (χ2v) is 11.9. The molecule has 6 nitrogen and oxygen atoms in total. The molecular formula is C29H36BFN2O4. The lowest BCUT2D eigenvalue weighted by molar-refractivity contribution is -0.0771. The molecule has 4 rings (SSSR count). The van der Waals surface area contributed by atoms with Crippen molar-refractivity contribution in [3.05, 3.63) is 65.5 Å². The van der Waals surface area contributed by atoms with Crippen LogP contribution in [0, 0.1) is 22.6 Å². The first-order valence-electron chi connectivity index (χ1n) is 12.8. The number of hydrogen-bond donors (Lipinski definition) is 0. The van der Waals surface area contributed by atoms with Gasteiger partial charge in [0, 0.05) is 19.4 Å². The van der Waals surface area contributed by atoms with Gasteiger partial charge in [-0.3, -0.25) is 0 Å². The van der Waals surface area contributed by atoms with Crippen molar-refractivity contribution in [2.75, 3.05) is 6.54 Å². The Labute approximate surface area is 219 Å². The molecule has 2 aliphatic heterocycles. The molecule has 2 aromatic rings. The van der Waals surface area contributed by atoms with Crippen LogP contribution in [0.1, 0.15) is 78.5 Å². The van der Waals surface area contributed by atoms with Crippen LogP contribution in [0.25, 0.3) is 0 Å². The van der Waals surface area contributed by atoms with Crippen molar-refractivity contribution >= 4 is 18.7 Å². The molecule has 0 saturated carbocycles. The Kier molecular flexibility index (Phi) is 6.94. The molecule has 196 valence electrons. The van der Waals surface area contributed by atoms with Crippen molar-refractivity contribution in [1.29, 1.82) is 5.26 Å². The minimum Gasteiger partial charge on any atom is -0.438 e. The second-order valence-electron chi connectivity index (χ2n) is 11.9. The van der Waals surface area contributed by atoms with Crippen molar-refractivity contribution in [3.63, 3.8) is 0 Å². The lowest BCUT2D eigenvalue weighted by atomic mass is 9.75. The molecule has 2 aliphatic rings. The Bertz CT molecular complexity index is 1170. The van der Waals surface area contributed by atoms with Crippen LogP contribution >= 0.6 is 0 Å². The van der Waals surface area contributed by atoms with Gasteiger partial charge in [0.1, 0.15) is 11.4 Å². The van der Waals surface area contributed by atoms with E-state index in [9.17, 15) is 14.4 Å². The zero-order valence-electron chi connectivity index (χ0n) is 22.8. The summed E-state index contributed by atoms with van der Waals surface area (Å²) in [4.78, 5) is 15.1. The van der Waals surface area contributed by atoms with Gasteiger partial charge in [-0.15, -0.1) is 0 Å². The van der Waals surface area contributed by atoms with Gasteiger partial charge in [-0.1, -0.05) is 36.4 Å². The number of amides is 1. The molecule has 2 fully saturated rings. The third kappa shape index (κ3) is 5.25. The Morgan fingerprint density at radius 1 is 1.05 bits per heavy atom. The maximum Gasteiger partial charge on any atom is 0.494 e. The van der Waals surface area contributed by atoms with Crippen LogP contribution in [-0.4, -0.2) is 35.9 Å². The first-order chi connectivity index (χ1) is 17.2. The van der Waals surface area contributed by atoms with Crippen LogP contribution in [0.3, 0.4) is 0 Å². The molecular weight excluding hydrogens is 470 g/mol. The minimum absolute atomic E-state index is 0.227. The van der Waals surface area contributed by atoms with Crippen LogP contribution in [0.15, 0.2) is 48.5 Å². The maximum atomic E-state index is 13.6. The average Bonchev–Trinajstić information content (AvgIpc) is 3.05. The van der Waals surface area contributed by atoms with Gasteiger partial charge in [0.05, 0.1) is 28.7 Å². The number of nitriles is 1. The van der Waals surface area contributed by atoms with E-state index in [4.69, 9.17) is 14.0 Å². The lowest BCUT2D eigenvalue weighted by Gasteiger charge is -2.45. The molecule has 2 aromatic carbocycles. The number of ether oxygens (including phenoxy) is 1. The molecule has 0 aromatic heterocycles. The monoisotopic (exact) mass is 506 g/mol. The molecule has 2 atom stereocenters. The largest absolute Gasteiger partial charge is 0.494 e. The van der Waals surface area contributed by atoms with Gasteiger partial charge < -0.3 is 18.9 Å². The van der Waals surface area contributed by atoms with Crippen LogP contribution < -0.4 is 5.46 Å². The van der Waals surface area contributed by atoms with Gasteiger partial charge >= 0.3 is 13.2 Å². The molecule has 0 aliphatic carbocycles. The van der Waals surface area contributed by atoms with Crippen molar-refractivity contribution in [2.24, 2.45) is 5.41 Å². The molecule has 2 saturated heterocycles. The van der Waals surface area contributed by atoms with E-state index in [0.717, 1.165) is 11.0 Å². The topological polar surface area (TPSA) is 71.8 Å². The lowest BCUT2D eigenvalue weighted by Crippen LogP contribution is -2.50. The van der Waals surface area contributed by atoms with E-state index in [1.165, 1.54) is 12.1 Å². The van der Waals surface area contributed by atoms with E-state index < -0.39 is 35.4 Å². The van der Waals surface area contributed by atoms with Crippen LogP contribution in [0.5, 0.6) is 0 Å². The summed E-state index contributed by atoms with van der Waals surface area (Å²) < 4.78 is 32.1. The van der Waals surface area contributed by atoms with E-state index in [-0.39, 0.29) is 11.9 Å². The van der Waals surface area contributed by atoms with Crippen LogP contribution in [0.4, 0.5) is 9.18 Å². The normalized spacial score (nSPS) is 23.9. The SMILES string of the molecule is CC(c1ccc(B2OC(C)(C)C(C)(C)O2)cc1)N1CCC(CC(C)(C)C#N)(c2ccc(F)cc2)OC1=O. The summed E-state index contributed by atoms with van der Waals surface area (Å²) in [5, 5.41) is 9.66. The van der Waals surface area contributed by atoms with Gasteiger partial charge in [-0.2, -0.15) is 5.26 Å². The molecule has 0 N–H and O–H groups in total. The number of nitrogens with zero attached hydrogens (tertiary/aromatic N) is 2. The highest BCUT2D eigenvalue weighted by Gasteiger charge is 2.52. The molecule has 0 bridgehead atoms. The van der Waals surface area contributed by atoms with Crippen molar-refractivity contribution < 1.29 is 23.2 Å². The van der Waals surface area contributed by atoms with E-state index >= 15 is 0 Å². The quantitative estimate of drug-likeness (QED) is 0.459. The Morgan fingerprint density at radius 3 is 2.14 bits per heavy atom. The zero-order chi connectivity index (χ0) is 27.2. The van der Waals surface area contributed by atoms with E-state index in [2.05, 4.69) is 6.07 Å². The summed E-state index contributed by atoms with van der Waals surface area (Å²) in [6.07, 6.45) is 0.358. The Morgan fingerprint density at radius 2 is 1.62 bits per heavy atom. The number of benzene rings is 2. The predicted molar refractivity (Wildman–Crippen MR) is 140 cm³/mol. The number of cyclic esters (lactones) is 1. The van der Waals surface area contributed by atoms with Gasteiger partial charge in [0.2, 0.25) is 0 Å². The third-order valence-electron chi connectivity index (χ3n) is 8.09. The molecule has 0 spiro atoms. The van der Waals surface area contributed by atoms with Crippen LogP contribution in [-0.2, 0) is 19.6 Å². The summed E-state index contributed by atoms with van der Waals surface area (Å²) in [6.45, 7) is 14.1. The van der Waals surface area contributed by atoms with Crippen molar-refractivity contribution in [2.45, 2.75) is 84.2 Å². The highest BCUT2D eigenvalue weighted by atomic mass is 19.1. The molecule has 37 heavy (non-hydrogen) atoms. The van der Waals surface area contributed by atoms with Gasteiger partial charge in [-0.05, 0) is 77.2 Å². The summed E-state index contributed by atoms with van der Waals surface area (Å²) >= 11 is 0. The Balaban J connectivity index is 1.52. The van der Waals surface area contributed by atoms with E-state index in [1.54, 1.807) is 17.0 Å². The summed E-state index contributed by atoms with van der Waals surface area (Å²) in [7, 11) is -0.450. The first kappa shape index (κ1) is 27.2.